The molecule has 0 atom stereocenters. The Morgan fingerprint density at radius 3 is 2.46 bits per heavy atom. The lowest BCUT2D eigenvalue weighted by Crippen LogP contribution is -2.41. The first-order chi connectivity index (χ1) is 11.3. The van der Waals surface area contributed by atoms with Crippen molar-refractivity contribution in [3.05, 3.63) is 41.0 Å². The van der Waals surface area contributed by atoms with Gasteiger partial charge in [-0.1, -0.05) is 18.2 Å². The summed E-state index contributed by atoms with van der Waals surface area (Å²) in [5.41, 5.74) is 8.44. The fraction of sp³-hybridized carbons (Fsp3) is 0.389. The van der Waals surface area contributed by atoms with Crippen molar-refractivity contribution in [2.75, 3.05) is 6.54 Å². The second-order valence-corrected chi connectivity index (χ2v) is 7.14. The molecule has 0 radical (unpaired) electrons. The molecule has 0 amide bonds. The zero-order valence-electron chi connectivity index (χ0n) is 14.6. The van der Waals surface area contributed by atoms with Crippen molar-refractivity contribution in [1.82, 2.24) is 4.98 Å². The minimum atomic E-state index is -0.492. The molecule has 1 aliphatic heterocycles. The number of fused-ring (bicyclic) bond motifs is 1. The second-order valence-electron chi connectivity index (χ2n) is 7.14. The van der Waals surface area contributed by atoms with E-state index >= 15 is 0 Å². The van der Waals surface area contributed by atoms with E-state index in [-0.39, 0.29) is 0 Å². The smallest absolute Gasteiger partial charge is 0.400 e. The number of carbonyl (C=O) groups is 1. The predicted octanol–water partition coefficient (Wildman–Crippen LogP) is 2.95. The SMILES string of the molecule is CC1(C)OB(C(=Cc2cccc3[nH]cc(C=O)c23)CN)OC1(C)C. The minimum Gasteiger partial charge on any atom is -0.400 e. The number of H-pyrrole nitrogens is 1. The summed E-state index contributed by atoms with van der Waals surface area (Å²) in [5.74, 6) is 0. The first-order valence-corrected chi connectivity index (χ1v) is 8.10. The molecule has 0 saturated carbocycles. The maximum Gasteiger partial charge on any atom is 0.491 e. The molecular formula is C18H23BN2O3. The average Bonchev–Trinajstić information content (AvgIpc) is 3.03. The van der Waals surface area contributed by atoms with Crippen LogP contribution in [0.4, 0.5) is 0 Å². The molecule has 1 saturated heterocycles. The molecule has 0 aliphatic carbocycles. The number of hydrogen-bond donors (Lipinski definition) is 2. The fourth-order valence-electron chi connectivity index (χ4n) is 2.87. The zero-order chi connectivity index (χ0) is 17.5. The van der Waals surface area contributed by atoms with Crippen molar-refractivity contribution in [2.24, 2.45) is 5.73 Å². The monoisotopic (exact) mass is 326 g/mol. The van der Waals surface area contributed by atoms with Crippen LogP contribution in [0.1, 0.15) is 43.6 Å². The molecule has 126 valence electrons. The zero-order valence-corrected chi connectivity index (χ0v) is 14.6. The van der Waals surface area contributed by atoms with Gasteiger partial charge in [-0.2, -0.15) is 0 Å². The van der Waals surface area contributed by atoms with Gasteiger partial charge in [-0.05, 0) is 44.8 Å². The van der Waals surface area contributed by atoms with Gasteiger partial charge in [-0.3, -0.25) is 4.79 Å². The number of aldehydes is 1. The molecule has 5 nitrogen and oxygen atoms in total. The highest BCUT2D eigenvalue weighted by molar-refractivity contribution is 6.56. The van der Waals surface area contributed by atoms with E-state index in [2.05, 4.69) is 4.98 Å². The number of aromatic amines is 1. The third kappa shape index (κ3) is 2.71. The minimum absolute atomic E-state index is 0.314. The van der Waals surface area contributed by atoms with Crippen LogP contribution in [0.3, 0.4) is 0 Å². The van der Waals surface area contributed by atoms with Crippen LogP contribution in [0, 0.1) is 0 Å². The summed E-state index contributed by atoms with van der Waals surface area (Å²) in [6.07, 6.45) is 4.53. The van der Waals surface area contributed by atoms with Gasteiger partial charge in [0.2, 0.25) is 0 Å². The number of hydrogen-bond acceptors (Lipinski definition) is 4. The van der Waals surface area contributed by atoms with Gasteiger partial charge in [0.15, 0.2) is 6.29 Å². The third-order valence-electron chi connectivity index (χ3n) is 5.03. The Balaban J connectivity index is 2.04. The summed E-state index contributed by atoms with van der Waals surface area (Å²) in [6, 6.07) is 5.85. The van der Waals surface area contributed by atoms with Gasteiger partial charge in [0.05, 0.1) is 11.2 Å². The normalized spacial score (nSPS) is 19.9. The van der Waals surface area contributed by atoms with E-state index < -0.39 is 18.3 Å². The molecule has 0 unspecified atom stereocenters. The molecule has 6 heteroatoms. The van der Waals surface area contributed by atoms with E-state index in [1.54, 1.807) is 6.20 Å². The Bertz CT molecular complexity index is 792. The molecule has 1 fully saturated rings. The molecular weight excluding hydrogens is 303 g/mol. The summed E-state index contributed by atoms with van der Waals surface area (Å²) in [4.78, 5) is 14.4. The molecule has 24 heavy (non-hydrogen) atoms. The van der Waals surface area contributed by atoms with Gasteiger partial charge in [-0.15, -0.1) is 0 Å². The number of carbonyl (C=O) groups excluding carboxylic acids is 1. The quantitative estimate of drug-likeness (QED) is 0.669. The van der Waals surface area contributed by atoms with E-state index in [9.17, 15) is 4.79 Å². The van der Waals surface area contributed by atoms with Gasteiger partial charge >= 0.3 is 7.12 Å². The second kappa shape index (κ2) is 5.88. The predicted molar refractivity (Wildman–Crippen MR) is 96.8 cm³/mol. The number of rotatable bonds is 4. The van der Waals surface area contributed by atoms with Gasteiger partial charge in [0.1, 0.15) is 0 Å². The number of nitrogens with one attached hydrogen (secondary N) is 1. The van der Waals surface area contributed by atoms with E-state index in [0.717, 1.165) is 28.2 Å². The van der Waals surface area contributed by atoms with Crippen LogP contribution in [-0.2, 0) is 9.31 Å². The molecule has 3 N–H and O–H groups in total. The lowest BCUT2D eigenvalue weighted by atomic mass is 9.77. The van der Waals surface area contributed by atoms with Crippen molar-refractivity contribution in [3.63, 3.8) is 0 Å². The summed E-state index contributed by atoms with van der Waals surface area (Å²) in [6.45, 7) is 8.36. The molecule has 3 rings (SSSR count). The molecule has 2 aromatic rings. The van der Waals surface area contributed by atoms with Crippen LogP contribution in [0.25, 0.3) is 17.0 Å². The van der Waals surface area contributed by atoms with Crippen LogP contribution in [0.5, 0.6) is 0 Å². The Kier molecular flexibility index (Phi) is 4.15. The van der Waals surface area contributed by atoms with E-state index in [1.807, 2.05) is 52.0 Å². The Morgan fingerprint density at radius 2 is 1.88 bits per heavy atom. The van der Waals surface area contributed by atoms with Crippen molar-refractivity contribution in [2.45, 2.75) is 38.9 Å². The largest absolute Gasteiger partial charge is 0.491 e. The van der Waals surface area contributed by atoms with Crippen LogP contribution in [0.2, 0.25) is 0 Å². The van der Waals surface area contributed by atoms with Gasteiger partial charge in [0, 0.05) is 29.2 Å². The summed E-state index contributed by atoms with van der Waals surface area (Å²) in [7, 11) is -0.492. The van der Waals surface area contributed by atoms with Crippen molar-refractivity contribution < 1.29 is 14.1 Å². The van der Waals surface area contributed by atoms with Crippen LogP contribution in [0.15, 0.2) is 29.9 Å². The molecule has 1 aliphatic rings. The highest BCUT2D eigenvalue weighted by Gasteiger charge is 2.52. The summed E-state index contributed by atoms with van der Waals surface area (Å²) < 4.78 is 12.2. The van der Waals surface area contributed by atoms with Crippen molar-refractivity contribution in [1.29, 1.82) is 0 Å². The first kappa shape index (κ1) is 17.0. The lowest BCUT2D eigenvalue weighted by molar-refractivity contribution is 0.00578. The third-order valence-corrected chi connectivity index (χ3v) is 5.03. The Morgan fingerprint density at radius 1 is 1.21 bits per heavy atom. The number of benzene rings is 1. The fourth-order valence-corrected chi connectivity index (χ4v) is 2.87. The molecule has 1 aromatic carbocycles. The summed E-state index contributed by atoms with van der Waals surface area (Å²) >= 11 is 0. The molecule has 2 heterocycles. The highest BCUT2D eigenvalue weighted by atomic mass is 16.7. The Labute approximate surface area is 142 Å². The van der Waals surface area contributed by atoms with Gasteiger partial charge in [-0.25, -0.2) is 0 Å². The number of aromatic nitrogens is 1. The van der Waals surface area contributed by atoms with E-state index in [4.69, 9.17) is 15.0 Å². The highest BCUT2D eigenvalue weighted by Crippen LogP contribution is 2.39. The standard InChI is InChI=1S/C18H23BN2O3/c1-17(2)18(3,4)24-19(23-17)14(9-20)8-12-6-5-7-15-16(12)13(11-22)10-21-15/h5-8,10-11,21H,9,20H2,1-4H3. The number of nitrogens with two attached hydrogens (primary N) is 1. The topological polar surface area (TPSA) is 77.3 Å². The molecule has 1 aromatic heterocycles. The van der Waals surface area contributed by atoms with Gasteiger partial charge < -0.3 is 20.0 Å². The van der Waals surface area contributed by atoms with Crippen LogP contribution in [-0.4, -0.2) is 36.1 Å². The lowest BCUT2D eigenvalue weighted by Gasteiger charge is -2.32. The average molecular weight is 326 g/mol. The van der Waals surface area contributed by atoms with Crippen molar-refractivity contribution >= 4 is 30.4 Å². The Hall–Kier alpha value is -1.89. The maximum absolute atomic E-state index is 11.3. The van der Waals surface area contributed by atoms with Crippen LogP contribution < -0.4 is 5.73 Å². The van der Waals surface area contributed by atoms with E-state index in [0.29, 0.717) is 12.1 Å². The van der Waals surface area contributed by atoms with Gasteiger partial charge in [0.25, 0.3) is 0 Å². The van der Waals surface area contributed by atoms with Crippen LogP contribution >= 0.6 is 0 Å². The van der Waals surface area contributed by atoms with Crippen molar-refractivity contribution in [3.8, 4) is 0 Å². The molecule has 0 spiro atoms. The van der Waals surface area contributed by atoms with E-state index in [1.165, 1.54) is 0 Å². The molecule has 0 bridgehead atoms. The first-order valence-electron chi connectivity index (χ1n) is 8.10. The maximum atomic E-state index is 11.3. The summed E-state index contributed by atoms with van der Waals surface area (Å²) in [5, 5.41) is 0.884.